The number of carbonyl (C=O) groups is 1. The first-order valence-electron chi connectivity index (χ1n) is 3.36. The number of hydrogen-bond donors (Lipinski definition) is 0. The Bertz CT molecular complexity index is 103. The van der Waals surface area contributed by atoms with Gasteiger partial charge in [-0.25, -0.2) is 0 Å². The summed E-state index contributed by atoms with van der Waals surface area (Å²) in [7, 11) is 0. The summed E-state index contributed by atoms with van der Waals surface area (Å²) < 4.78 is 0. The molecule has 0 aliphatic rings. The molecule has 0 atom stereocenters. The van der Waals surface area contributed by atoms with Crippen LogP contribution in [0.3, 0.4) is 0 Å². The lowest BCUT2D eigenvalue weighted by Crippen LogP contribution is -1.78. The van der Waals surface area contributed by atoms with Crippen LogP contribution in [0.25, 0.3) is 0 Å². The van der Waals surface area contributed by atoms with Crippen molar-refractivity contribution in [3.8, 4) is 0 Å². The highest BCUT2D eigenvalue weighted by Crippen LogP contribution is 2.03. The van der Waals surface area contributed by atoms with Crippen molar-refractivity contribution in [2.45, 2.75) is 33.1 Å². The van der Waals surface area contributed by atoms with Crippen LogP contribution >= 0.6 is 0 Å². The fourth-order valence-corrected chi connectivity index (χ4v) is 0.609. The maximum atomic E-state index is 9.86. The lowest BCUT2D eigenvalue weighted by molar-refractivity contribution is -0.107. The first-order chi connectivity index (χ1) is 4.31. The van der Waals surface area contributed by atoms with Gasteiger partial charge < -0.3 is 4.79 Å². The summed E-state index contributed by atoms with van der Waals surface area (Å²) in [6, 6.07) is 0. The molecule has 0 N–H and O–H groups in total. The SMILES string of the molecule is C/C=C(/C)CCCC=O. The zero-order chi connectivity index (χ0) is 7.11. The average Bonchev–Trinajstić information content (AvgIpc) is 1.89. The smallest absolute Gasteiger partial charge is 0.120 e. The van der Waals surface area contributed by atoms with Crippen LogP contribution in [-0.2, 0) is 4.79 Å². The third-order valence-corrected chi connectivity index (χ3v) is 1.39. The monoisotopic (exact) mass is 126 g/mol. The van der Waals surface area contributed by atoms with Crippen molar-refractivity contribution in [1.82, 2.24) is 0 Å². The predicted molar refractivity (Wildman–Crippen MR) is 39.3 cm³/mol. The molecule has 0 radical (unpaired) electrons. The van der Waals surface area contributed by atoms with Crippen molar-refractivity contribution in [1.29, 1.82) is 0 Å². The molecule has 0 amide bonds. The summed E-state index contributed by atoms with van der Waals surface area (Å²) >= 11 is 0. The molecule has 9 heavy (non-hydrogen) atoms. The van der Waals surface area contributed by atoms with Crippen molar-refractivity contribution in [2.24, 2.45) is 0 Å². The van der Waals surface area contributed by atoms with Crippen molar-refractivity contribution in [3.05, 3.63) is 11.6 Å². The Morgan fingerprint density at radius 2 is 2.22 bits per heavy atom. The molecular weight excluding hydrogens is 112 g/mol. The van der Waals surface area contributed by atoms with Crippen molar-refractivity contribution in [3.63, 3.8) is 0 Å². The summed E-state index contributed by atoms with van der Waals surface area (Å²) in [5.74, 6) is 0. The highest BCUT2D eigenvalue weighted by molar-refractivity contribution is 5.49. The van der Waals surface area contributed by atoms with Gasteiger partial charge in [0.05, 0.1) is 0 Å². The largest absolute Gasteiger partial charge is 0.303 e. The van der Waals surface area contributed by atoms with Gasteiger partial charge in [-0.3, -0.25) is 0 Å². The normalized spacial score (nSPS) is 11.6. The van der Waals surface area contributed by atoms with Crippen LogP contribution in [0.4, 0.5) is 0 Å². The fourth-order valence-electron chi connectivity index (χ4n) is 0.609. The number of carbonyl (C=O) groups excluding carboxylic acids is 1. The standard InChI is InChI=1S/C8H14O/c1-3-8(2)6-4-5-7-9/h3,7H,4-6H2,1-2H3/b8-3-. The summed E-state index contributed by atoms with van der Waals surface area (Å²) in [4.78, 5) is 9.86. The fraction of sp³-hybridized carbons (Fsp3) is 0.625. The molecule has 0 aliphatic carbocycles. The molecule has 1 nitrogen and oxygen atoms in total. The van der Waals surface area contributed by atoms with Gasteiger partial charge in [0.2, 0.25) is 0 Å². The molecule has 52 valence electrons. The Kier molecular flexibility index (Phi) is 5.18. The molecule has 0 heterocycles. The molecule has 0 unspecified atom stereocenters. The van der Waals surface area contributed by atoms with E-state index in [0.29, 0.717) is 6.42 Å². The van der Waals surface area contributed by atoms with E-state index in [2.05, 4.69) is 13.0 Å². The molecule has 0 aliphatic heterocycles. The van der Waals surface area contributed by atoms with Gasteiger partial charge in [-0.15, -0.1) is 0 Å². The summed E-state index contributed by atoms with van der Waals surface area (Å²) in [5, 5.41) is 0. The van der Waals surface area contributed by atoms with Gasteiger partial charge in [-0.2, -0.15) is 0 Å². The zero-order valence-corrected chi connectivity index (χ0v) is 6.18. The lowest BCUT2D eigenvalue weighted by atomic mass is 10.1. The van der Waals surface area contributed by atoms with E-state index in [9.17, 15) is 4.79 Å². The van der Waals surface area contributed by atoms with E-state index in [1.165, 1.54) is 5.57 Å². The van der Waals surface area contributed by atoms with Crippen LogP contribution < -0.4 is 0 Å². The van der Waals surface area contributed by atoms with Crippen LogP contribution in [-0.4, -0.2) is 6.29 Å². The number of aldehydes is 1. The van der Waals surface area contributed by atoms with E-state index in [-0.39, 0.29) is 0 Å². The first-order valence-corrected chi connectivity index (χ1v) is 3.36. The number of allylic oxidation sites excluding steroid dienone is 2. The molecule has 0 saturated heterocycles. The van der Waals surface area contributed by atoms with Gasteiger partial charge >= 0.3 is 0 Å². The Hall–Kier alpha value is -0.590. The molecule has 0 rings (SSSR count). The number of hydrogen-bond acceptors (Lipinski definition) is 1. The van der Waals surface area contributed by atoms with Crippen LogP contribution in [0.5, 0.6) is 0 Å². The predicted octanol–water partition coefficient (Wildman–Crippen LogP) is 2.32. The van der Waals surface area contributed by atoms with E-state index in [1.54, 1.807) is 0 Å². The second kappa shape index (κ2) is 5.54. The second-order valence-corrected chi connectivity index (χ2v) is 2.19. The van der Waals surface area contributed by atoms with Crippen LogP contribution in [0, 0.1) is 0 Å². The minimum atomic E-state index is 0.700. The minimum absolute atomic E-state index is 0.700. The van der Waals surface area contributed by atoms with E-state index in [1.807, 2.05) is 6.92 Å². The van der Waals surface area contributed by atoms with Gasteiger partial charge in [0, 0.05) is 6.42 Å². The van der Waals surface area contributed by atoms with Gasteiger partial charge in [0.1, 0.15) is 6.29 Å². The summed E-state index contributed by atoms with van der Waals surface area (Å²) in [6.07, 6.45) is 5.83. The van der Waals surface area contributed by atoms with Gasteiger partial charge in [0.25, 0.3) is 0 Å². The molecule has 0 aromatic rings. The van der Waals surface area contributed by atoms with E-state index in [4.69, 9.17) is 0 Å². The van der Waals surface area contributed by atoms with Gasteiger partial charge in [0.15, 0.2) is 0 Å². The Balaban J connectivity index is 3.17. The molecule has 1 heteroatoms. The van der Waals surface area contributed by atoms with Crippen LogP contribution in [0.15, 0.2) is 11.6 Å². The summed E-state index contributed by atoms with van der Waals surface area (Å²) in [6.45, 7) is 4.11. The van der Waals surface area contributed by atoms with Crippen molar-refractivity contribution < 1.29 is 4.79 Å². The average molecular weight is 126 g/mol. The topological polar surface area (TPSA) is 17.1 Å². The van der Waals surface area contributed by atoms with Crippen molar-refractivity contribution >= 4 is 6.29 Å². The Labute approximate surface area is 56.8 Å². The molecular formula is C8H14O. The molecule has 0 saturated carbocycles. The molecule has 0 fully saturated rings. The van der Waals surface area contributed by atoms with Gasteiger partial charge in [-0.1, -0.05) is 11.6 Å². The summed E-state index contributed by atoms with van der Waals surface area (Å²) in [5.41, 5.74) is 1.37. The number of rotatable bonds is 4. The zero-order valence-electron chi connectivity index (χ0n) is 6.18. The maximum Gasteiger partial charge on any atom is 0.120 e. The molecule has 0 bridgehead atoms. The minimum Gasteiger partial charge on any atom is -0.303 e. The van der Waals surface area contributed by atoms with E-state index in [0.717, 1.165) is 19.1 Å². The van der Waals surface area contributed by atoms with Crippen molar-refractivity contribution in [2.75, 3.05) is 0 Å². The van der Waals surface area contributed by atoms with Crippen LogP contribution in [0.2, 0.25) is 0 Å². The van der Waals surface area contributed by atoms with E-state index >= 15 is 0 Å². The maximum absolute atomic E-state index is 9.86. The molecule has 0 aromatic carbocycles. The quantitative estimate of drug-likeness (QED) is 0.321. The molecule has 0 spiro atoms. The third-order valence-electron chi connectivity index (χ3n) is 1.39. The Morgan fingerprint density at radius 1 is 1.56 bits per heavy atom. The Morgan fingerprint density at radius 3 is 2.67 bits per heavy atom. The number of unbranched alkanes of at least 4 members (excludes halogenated alkanes) is 1. The second-order valence-electron chi connectivity index (χ2n) is 2.19. The highest BCUT2D eigenvalue weighted by atomic mass is 16.1. The van der Waals surface area contributed by atoms with Gasteiger partial charge in [-0.05, 0) is 26.7 Å². The van der Waals surface area contributed by atoms with E-state index < -0.39 is 0 Å². The van der Waals surface area contributed by atoms with Crippen LogP contribution in [0.1, 0.15) is 33.1 Å². The highest BCUT2D eigenvalue weighted by Gasteiger charge is 1.86. The first kappa shape index (κ1) is 8.41. The lowest BCUT2D eigenvalue weighted by Gasteiger charge is -1.94. The third kappa shape index (κ3) is 5.28. The molecule has 0 aromatic heterocycles.